The molecule has 13 atom stereocenters. The highest BCUT2D eigenvalue weighted by Crippen LogP contribution is 2.33. The van der Waals surface area contributed by atoms with Gasteiger partial charge in [-0.25, -0.2) is 4.79 Å². The summed E-state index contributed by atoms with van der Waals surface area (Å²) >= 11 is 1.80. The third-order valence-electron chi connectivity index (χ3n) is 18.7. The molecule has 48 nitrogen and oxygen atoms in total. The molecule has 2 rings (SSSR count). The van der Waals surface area contributed by atoms with Crippen molar-refractivity contribution in [1.29, 1.82) is 0 Å². The number of urea groups is 1. The lowest BCUT2D eigenvalue weighted by Crippen LogP contribution is -2.60. The second-order valence-corrected chi connectivity index (χ2v) is 29.8. The minimum atomic E-state index is -1.74. The smallest absolute Gasteiger partial charge is 0.315 e. The molecule has 0 spiro atoms. The quantitative estimate of drug-likeness (QED) is 0.0116. The van der Waals surface area contributed by atoms with Crippen molar-refractivity contribution in [3.63, 3.8) is 0 Å². The van der Waals surface area contributed by atoms with Gasteiger partial charge in [-0.05, 0) is 167 Å². The van der Waals surface area contributed by atoms with Gasteiger partial charge in [0.1, 0.15) is 54.4 Å². The molecular formula is C69H133N35O13S. The molecule has 0 aromatic rings. The maximum atomic E-state index is 14.9. The van der Waals surface area contributed by atoms with Crippen molar-refractivity contribution in [3.05, 3.63) is 0 Å². The summed E-state index contributed by atoms with van der Waals surface area (Å²) in [4.78, 5) is 204. The first kappa shape index (κ1) is 103. The number of hydrogen-bond acceptors (Lipinski definition) is 23. The highest BCUT2D eigenvalue weighted by molar-refractivity contribution is 8.00. The van der Waals surface area contributed by atoms with Crippen LogP contribution in [-0.2, 0) is 57.5 Å². The Morgan fingerprint density at radius 3 is 0.958 bits per heavy atom. The fourth-order valence-corrected chi connectivity index (χ4v) is 13.9. The van der Waals surface area contributed by atoms with E-state index in [2.05, 4.69) is 93.8 Å². The summed E-state index contributed by atoms with van der Waals surface area (Å²) in [5, 5.41) is 32.8. The number of carbonyl (C=O) groups excluding carboxylic acids is 13. The van der Waals surface area contributed by atoms with E-state index in [1.807, 2.05) is 0 Å². The van der Waals surface area contributed by atoms with Gasteiger partial charge in [0.2, 0.25) is 70.9 Å². The van der Waals surface area contributed by atoms with E-state index in [-0.39, 0.29) is 220 Å². The maximum Gasteiger partial charge on any atom is 0.315 e. The minimum Gasteiger partial charge on any atom is -0.370 e. The monoisotopic (exact) mass is 1690 g/mol. The first-order valence-electron chi connectivity index (χ1n) is 39.8. The zero-order chi connectivity index (χ0) is 88.1. The third kappa shape index (κ3) is 45.3. The number of nitrogens with two attached hydrogens (primary N) is 17. The fourth-order valence-electron chi connectivity index (χ4n) is 12.4. The molecule has 668 valence electrons. The molecule has 0 unspecified atom stereocenters. The van der Waals surface area contributed by atoms with Crippen LogP contribution >= 0.6 is 11.8 Å². The molecule has 2 fully saturated rings. The normalized spacial score (nSPS) is 16.3. The summed E-state index contributed by atoms with van der Waals surface area (Å²) < 4.78 is 0. The van der Waals surface area contributed by atoms with E-state index in [4.69, 9.17) is 97.5 Å². The lowest BCUT2D eigenvalue weighted by molar-refractivity contribution is -0.136. The van der Waals surface area contributed by atoms with E-state index in [9.17, 15) is 62.3 Å². The van der Waals surface area contributed by atoms with Gasteiger partial charge < -0.3 is 161 Å². The molecule has 14 amide bonds. The standard InChI is InChI=1S/C69H133N35O13S/c70-28-6-3-16-40(55(109)94-39(53(74)107)18-9-31-88-63(75)76)96-56(110)41(17-4-7-29-71)97-58(112)43(20-11-33-90-65(79)80)99-60(114)45(22-13-35-92-67(83)84)101-62(116)47(26-27-50(73)105)102-61(115)46(23-14-36-93-68(85)86)100-59(113)44(21-12-34-91-66(81)82)98-57(111)42(19-10-32-89-64(77)78)95-54(108)38(72)15-5-8-30-87-51(106)25-2-1-24-49-52-48(37-118-49)103-69(117)104-52/h38-49,52H,1-37,70-72H2,(H2,73,105)(H2,74,107)(H,87,106)(H,94,109)(H,95,108)(H,96,110)(H,97,112)(H,98,111)(H,99,114)(H,100,113)(H,101,116)(H,102,115)(H4,75,76,88)(H4,77,78,89)(H4,79,80,90)(H4,81,82,91)(H4,83,84,92)(H4,85,86,93)(H2,103,104,117)/t38-,39-,40-,41-,42-,43-,44-,45-,46-,47-,48+,49+,52+/m1/s1. The maximum absolute atomic E-state index is 14.9. The van der Waals surface area contributed by atoms with Gasteiger partial charge in [0.25, 0.3) is 0 Å². The number of amides is 14. The number of aliphatic imine (C=N–C) groups is 6. The first-order chi connectivity index (χ1) is 56.0. The third-order valence-corrected chi connectivity index (χ3v) is 20.2. The van der Waals surface area contributed by atoms with Crippen molar-refractivity contribution in [1.82, 2.24) is 63.8 Å². The molecule has 118 heavy (non-hydrogen) atoms. The number of thioether (sulfide) groups is 1. The zero-order valence-corrected chi connectivity index (χ0v) is 68.2. The molecule has 2 aliphatic rings. The van der Waals surface area contributed by atoms with Crippen LogP contribution in [0, 0.1) is 0 Å². The Labute approximate surface area is 691 Å². The highest BCUT2D eigenvalue weighted by atomic mass is 32.2. The summed E-state index contributed by atoms with van der Waals surface area (Å²) in [5.74, 6) is -11.0. The van der Waals surface area contributed by atoms with E-state index in [1.54, 1.807) is 11.8 Å². The van der Waals surface area contributed by atoms with E-state index >= 15 is 0 Å². The molecule has 49 heteroatoms. The number of primary amides is 2. The van der Waals surface area contributed by atoms with Crippen LogP contribution in [0.25, 0.3) is 0 Å². The van der Waals surface area contributed by atoms with Crippen LogP contribution in [0.2, 0.25) is 0 Å². The van der Waals surface area contributed by atoms with E-state index < -0.39 is 138 Å². The summed E-state index contributed by atoms with van der Waals surface area (Å²) in [6.45, 7) is 0.563. The van der Waals surface area contributed by atoms with Crippen LogP contribution in [0.1, 0.15) is 173 Å². The first-order valence-corrected chi connectivity index (χ1v) is 40.8. The Hall–Kier alpha value is -11.2. The highest BCUT2D eigenvalue weighted by Gasteiger charge is 2.43. The van der Waals surface area contributed by atoms with Gasteiger partial charge in [-0.15, -0.1) is 0 Å². The predicted octanol–water partition coefficient (Wildman–Crippen LogP) is -11.0. The SMILES string of the molecule is NCCCC[C@@H](NC(=O)[C@@H](CCCCN)NC(=O)[C@@H](CCCN=C(N)N)NC(=O)[C@@H](CCCN=C(N)N)NC(=O)[C@@H](CCC(N)=O)NC(=O)[C@@H](CCCN=C(N)N)NC(=O)[C@@H](CCCN=C(N)N)NC(=O)[C@@H](CCCN=C(N)N)NC(=O)[C@H](N)CCCCNC(=O)CCCC[C@@H]1SC[C@@H]2NC(=O)N[C@@H]21)C(=O)N[C@H](CCCN=C(N)N)C(N)=O. The van der Waals surface area contributed by atoms with E-state index in [0.29, 0.717) is 51.5 Å². The van der Waals surface area contributed by atoms with Crippen LogP contribution in [0.4, 0.5) is 4.79 Å². The number of rotatable bonds is 64. The lowest BCUT2D eigenvalue weighted by atomic mass is 10.0. The lowest BCUT2D eigenvalue weighted by Gasteiger charge is -2.28. The summed E-state index contributed by atoms with van der Waals surface area (Å²) in [6, 6.07) is -14.4. The molecule has 0 saturated carbocycles. The Bertz CT molecular complexity index is 3380. The molecular weight excluding hydrogens is 1560 g/mol. The van der Waals surface area contributed by atoms with Gasteiger partial charge in [-0.3, -0.25) is 87.5 Å². The van der Waals surface area contributed by atoms with Gasteiger partial charge in [0, 0.05) is 69.7 Å². The van der Waals surface area contributed by atoms with Crippen molar-refractivity contribution < 1.29 is 62.3 Å². The summed E-state index contributed by atoms with van der Waals surface area (Å²) in [7, 11) is 0. The predicted molar refractivity (Wildman–Crippen MR) is 449 cm³/mol. The molecule has 0 bridgehead atoms. The fraction of sp³-hybridized carbons (Fsp3) is 0.725. The van der Waals surface area contributed by atoms with Crippen molar-refractivity contribution in [2.45, 2.75) is 251 Å². The number of fused-ring (bicyclic) bond motifs is 1. The number of guanidine groups is 6. The van der Waals surface area contributed by atoms with Gasteiger partial charge in [0.05, 0.1) is 18.1 Å². The summed E-state index contributed by atoms with van der Waals surface area (Å²) in [5.41, 5.74) is 96.2. The molecule has 2 aliphatic heterocycles. The topological polar surface area (TPSA) is 883 Å². The Morgan fingerprint density at radius 2 is 0.644 bits per heavy atom. The largest absolute Gasteiger partial charge is 0.370 e. The number of carbonyl (C=O) groups is 13. The summed E-state index contributed by atoms with van der Waals surface area (Å²) in [6.07, 6.45) is 3.48. The molecule has 2 heterocycles. The number of nitrogens with one attached hydrogen (secondary N) is 12. The van der Waals surface area contributed by atoms with E-state index in [1.165, 1.54) is 0 Å². The molecule has 46 N–H and O–H groups in total. The van der Waals surface area contributed by atoms with Gasteiger partial charge in [-0.2, -0.15) is 11.8 Å². The van der Waals surface area contributed by atoms with Gasteiger partial charge >= 0.3 is 6.03 Å². The number of hydrogen-bond donors (Lipinski definition) is 29. The van der Waals surface area contributed by atoms with Crippen molar-refractivity contribution in [2.24, 2.45) is 127 Å². The average Bonchev–Trinajstić information content (AvgIpc) is 1.66. The second kappa shape index (κ2) is 58.6. The molecule has 0 aliphatic carbocycles. The Kier molecular flexibility index (Phi) is 51.1. The molecule has 0 aromatic carbocycles. The molecule has 0 aromatic heterocycles. The van der Waals surface area contributed by atoms with Crippen molar-refractivity contribution in [3.8, 4) is 0 Å². The van der Waals surface area contributed by atoms with Crippen LogP contribution in [0.5, 0.6) is 0 Å². The number of unbranched alkanes of at least 4 members (excludes halogenated alkanes) is 4. The van der Waals surface area contributed by atoms with Crippen LogP contribution in [-0.4, -0.2) is 255 Å². The second-order valence-electron chi connectivity index (χ2n) is 28.5. The molecule has 0 radical (unpaired) electrons. The Morgan fingerprint density at radius 1 is 0.347 bits per heavy atom. The van der Waals surface area contributed by atoms with Crippen molar-refractivity contribution in [2.75, 3.05) is 64.7 Å². The Balaban J connectivity index is 2.57. The van der Waals surface area contributed by atoms with Crippen LogP contribution < -0.4 is 161 Å². The van der Waals surface area contributed by atoms with Crippen molar-refractivity contribution >= 4 is 124 Å². The minimum absolute atomic E-state index is 0.00789. The van der Waals surface area contributed by atoms with Gasteiger partial charge in [0.15, 0.2) is 35.8 Å². The number of nitrogens with zero attached hydrogens (tertiary/aromatic N) is 6. The van der Waals surface area contributed by atoms with Gasteiger partial charge in [-0.1, -0.05) is 6.42 Å². The zero-order valence-electron chi connectivity index (χ0n) is 67.4. The van der Waals surface area contributed by atoms with E-state index in [0.717, 1.165) is 18.6 Å². The molecule has 2 saturated heterocycles. The van der Waals surface area contributed by atoms with Crippen LogP contribution in [0.15, 0.2) is 30.0 Å². The van der Waals surface area contributed by atoms with Crippen LogP contribution in [0.3, 0.4) is 0 Å². The average molecular weight is 1690 g/mol.